The van der Waals surface area contributed by atoms with Crippen LogP contribution in [-0.4, -0.2) is 25.6 Å². The van der Waals surface area contributed by atoms with Gasteiger partial charge in [-0.3, -0.25) is 9.13 Å². The summed E-state index contributed by atoms with van der Waals surface area (Å²) in [6, 6.07) is 1.47. The van der Waals surface area contributed by atoms with Gasteiger partial charge >= 0.3 is 11.4 Å². The van der Waals surface area contributed by atoms with E-state index in [1.807, 2.05) is 27.7 Å². The molecule has 2 heterocycles. The summed E-state index contributed by atoms with van der Waals surface area (Å²) in [6.07, 6.45) is 3.39. The molecule has 0 saturated heterocycles. The monoisotopic (exact) mass is 318 g/mol. The molecule has 0 aliphatic heterocycles. The number of nitrogen functional groups attached to an aromatic ring is 1. The molecule has 0 bridgehead atoms. The van der Waals surface area contributed by atoms with Gasteiger partial charge in [-0.05, 0) is 33.8 Å². The Morgan fingerprint density at radius 2 is 1.83 bits per heavy atom. The normalized spacial score (nSPS) is 12.4. The van der Waals surface area contributed by atoms with Crippen LogP contribution >= 0.6 is 0 Å². The van der Waals surface area contributed by atoms with E-state index in [2.05, 4.69) is 15.3 Å². The number of aryl methyl sites for hydroxylation is 1. The van der Waals surface area contributed by atoms with Gasteiger partial charge in [-0.1, -0.05) is 0 Å². The highest BCUT2D eigenvalue weighted by atomic mass is 16.1. The first-order valence-electron chi connectivity index (χ1n) is 7.48. The molecule has 0 aromatic carbocycles. The molecule has 2 aromatic rings. The van der Waals surface area contributed by atoms with Gasteiger partial charge in [0, 0.05) is 30.5 Å². The Bertz CT molecular complexity index is 808. The van der Waals surface area contributed by atoms with Crippen molar-refractivity contribution >= 4 is 11.6 Å². The first-order valence-corrected chi connectivity index (χ1v) is 7.48. The van der Waals surface area contributed by atoms with E-state index in [-0.39, 0.29) is 23.6 Å². The fraction of sp³-hybridized carbons (Fsp3) is 0.467. The lowest BCUT2D eigenvalue weighted by molar-refractivity contribution is 0.538. The van der Waals surface area contributed by atoms with Crippen LogP contribution in [0.4, 0.5) is 11.6 Å². The maximum Gasteiger partial charge on any atom is 0.349 e. The van der Waals surface area contributed by atoms with E-state index < -0.39 is 5.69 Å². The van der Waals surface area contributed by atoms with E-state index >= 15 is 0 Å². The molecule has 1 unspecified atom stereocenters. The number of hydrogen-bond acceptors (Lipinski definition) is 6. The standard InChI is InChI=1S/C15H22N6O2/c1-9(2)21-8-10(3)13(19-15(21)23)17-7-11(4)20-6-5-12(16)18-14(20)22/h5-6,8-9,11H,7H2,1-4H3,(H2,16,18,22)(H,17,19,23). The Kier molecular flexibility index (Phi) is 4.83. The highest BCUT2D eigenvalue weighted by Gasteiger charge is 2.11. The lowest BCUT2D eigenvalue weighted by Gasteiger charge is -2.17. The van der Waals surface area contributed by atoms with Crippen LogP contribution in [0.5, 0.6) is 0 Å². The molecule has 23 heavy (non-hydrogen) atoms. The molecule has 0 aliphatic rings. The number of rotatable bonds is 5. The van der Waals surface area contributed by atoms with Gasteiger partial charge < -0.3 is 11.1 Å². The maximum absolute atomic E-state index is 12.0. The fourth-order valence-corrected chi connectivity index (χ4v) is 2.22. The molecule has 8 heteroatoms. The second kappa shape index (κ2) is 6.64. The summed E-state index contributed by atoms with van der Waals surface area (Å²) in [6.45, 7) is 8.05. The van der Waals surface area contributed by atoms with Crippen LogP contribution in [0, 0.1) is 6.92 Å². The van der Waals surface area contributed by atoms with E-state index in [0.29, 0.717) is 12.4 Å². The molecule has 2 aromatic heterocycles. The number of hydrogen-bond donors (Lipinski definition) is 2. The summed E-state index contributed by atoms with van der Waals surface area (Å²) >= 11 is 0. The summed E-state index contributed by atoms with van der Waals surface area (Å²) < 4.78 is 3.06. The van der Waals surface area contributed by atoms with Gasteiger partial charge in [0.1, 0.15) is 11.6 Å². The number of nitrogens with two attached hydrogens (primary N) is 1. The van der Waals surface area contributed by atoms with Crippen molar-refractivity contribution in [2.75, 3.05) is 17.6 Å². The second-order valence-corrected chi connectivity index (χ2v) is 5.83. The van der Waals surface area contributed by atoms with Crippen molar-refractivity contribution in [2.45, 2.75) is 39.8 Å². The molecular formula is C15H22N6O2. The van der Waals surface area contributed by atoms with Crippen LogP contribution < -0.4 is 22.4 Å². The Morgan fingerprint density at radius 3 is 2.43 bits per heavy atom. The van der Waals surface area contributed by atoms with Gasteiger partial charge in [-0.15, -0.1) is 0 Å². The van der Waals surface area contributed by atoms with Crippen molar-refractivity contribution < 1.29 is 0 Å². The Balaban J connectivity index is 2.16. The molecule has 1 atom stereocenters. The van der Waals surface area contributed by atoms with E-state index in [4.69, 9.17) is 5.73 Å². The molecule has 0 amide bonds. The third-order valence-electron chi connectivity index (χ3n) is 3.58. The minimum Gasteiger partial charge on any atom is -0.383 e. The van der Waals surface area contributed by atoms with Crippen LogP contribution in [0.1, 0.15) is 38.4 Å². The van der Waals surface area contributed by atoms with E-state index in [1.165, 1.54) is 4.57 Å². The van der Waals surface area contributed by atoms with Crippen LogP contribution in [0.3, 0.4) is 0 Å². The van der Waals surface area contributed by atoms with Gasteiger partial charge in [0.2, 0.25) is 0 Å². The summed E-state index contributed by atoms with van der Waals surface area (Å²) in [5, 5.41) is 3.12. The maximum atomic E-state index is 12.0. The number of aromatic nitrogens is 4. The summed E-state index contributed by atoms with van der Waals surface area (Å²) in [5.41, 5.74) is 5.65. The van der Waals surface area contributed by atoms with Crippen LogP contribution in [0.2, 0.25) is 0 Å². The molecular weight excluding hydrogens is 296 g/mol. The van der Waals surface area contributed by atoms with Gasteiger partial charge in [0.15, 0.2) is 0 Å². The van der Waals surface area contributed by atoms with Gasteiger partial charge in [0.05, 0.1) is 6.04 Å². The molecule has 3 N–H and O–H groups in total. The van der Waals surface area contributed by atoms with E-state index in [9.17, 15) is 9.59 Å². The zero-order valence-corrected chi connectivity index (χ0v) is 13.8. The van der Waals surface area contributed by atoms with Crippen molar-refractivity contribution in [3.63, 3.8) is 0 Å². The molecule has 0 radical (unpaired) electrons. The van der Waals surface area contributed by atoms with E-state index in [1.54, 1.807) is 23.0 Å². The Hall–Kier alpha value is -2.64. The second-order valence-electron chi connectivity index (χ2n) is 5.83. The molecule has 124 valence electrons. The first kappa shape index (κ1) is 16.7. The lowest BCUT2D eigenvalue weighted by atomic mass is 10.3. The highest BCUT2D eigenvalue weighted by Crippen LogP contribution is 2.12. The van der Waals surface area contributed by atoms with Crippen molar-refractivity contribution in [3.8, 4) is 0 Å². The average molecular weight is 318 g/mol. The van der Waals surface area contributed by atoms with E-state index in [0.717, 1.165) is 5.56 Å². The zero-order valence-electron chi connectivity index (χ0n) is 13.8. The minimum atomic E-state index is -0.404. The van der Waals surface area contributed by atoms with Crippen molar-refractivity contribution in [1.82, 2.24) is 19.1 Å². The smallest absolute Gasteiger partial charge is 0.349 e. The molecule has 8 nitrogen and oxygen atoms in total. The Morgan fingerprint density at radius 1 is 1.17 bits per heavy atom. The lowest BCUT2D eigenvalue weighted by Crippen LogP contribution is -2.30. The third-order valence-corrected chi connectivity index (χ3v) is 3.58. The summed E-state index contributed by atoms with van der Waals surface area (Å²) in [7, 11) is 0. The van der Waals surface area contributed by atoms with Crippen LogP contribution in [0.15, 0.2) is 28.0 Å². The fourth-order valence-electron chi connectivity index (χ4n) is 2.22. The van der Waals surface area contributed by atoms with Crippen molar-refractivity contribution in [1.29, 1.82) is 0 Å². The highest BCUT2D eigenvalue weighted by molar-refractivity contribution is 5.41. The third kappa shape index (κ3) is 3.77. The van der Waals surface area contributed by atoms with Gasteiger partial charge in [0.25, 0.3) is 0 Å². The largest absolute Gasteiger partial charge is 0.383 e. The Labute approximate surface area is 134 Å². The summed E-state index contributed by atoms with van der Waals surface area (Å²) in [4.78, 5) is 31.6. The molecule has 0 saturated carbocycles. The number of nitrogens with zero attached hydrogens (tertiary/aromatic N) is 4. The van der Waals surface area contributed by atoms with Crippen molar-refractivity contribution in [2.24, 2.45) is 0 Å². The van der Waals surface area contributed by atoms with Gasteiger partial charge in [-0.2, -0.15) is 9.97 Å². The number of anilines is 2. The summed E-state index contributed by atoms with van der Waals surface area (Å²) in [5.74, 6) is 0.719. The zero-order chi connectivity index (χ0) is 17.1. The topological polar surface area (TPSA) is 108 Å². The predicted octanol–water partition coefficient (Wildman–Crippen LogP) is 0.945. The quantitative estimate of drug-likeness (QED) is 0.849. The predicted molar refractivity (Wildman–Crippen MR) is 89.7 cm³/mol. The minimum absolute atomic E-state index is 0.0566. The molecule has 2 rings (SSSR count). The molecule has 0 aliphatic carbocycles. The first-order chi connectivity index (χ1) is 10.8. The average Bonchev–Trinajstić information content (AvgIpc) is 2.47. The van der Waals surface area contributed by atoms with Crippen LogP contribution in [-0.2, 0) is 0 Å². The number of nitrogens with one attached hydrogen (secondary N) is 1. The van der Waals surface area contributed by atoms with Crippen LogP contribution in [0.25, 0.3) is 0 Å². The SMILES string of the molecule is Cc1cn(C(C)C)c(=O)nc1NCC(C)n1ccc(N)nc1=O. The van der Waals surface area contributed by atoms with Gasteiger partial charge in [-0.25, -0.2) is 9.59 Å². The molecule has 0 spiro atoms. The molecule has 0 fully saturated rings. The van der Waals surface area contributed by atoms with Crippen molar-refractivity contribution in [3.05, 3.63) is 45.0 Å².